The van der Waals surface area contributed by atoms with Crippen LogP contribution >= 0.6 is 12.4 Å². The van der Waals surface area contributed by atoms with Crippen molar-refractivity contribution in [1.82, 2.24) is 4.98 Å². The Balaban J connectivity index is 0.00000300. The Morgan fingerprint density at radius 1 is 1.07 bits per heavy atom. The van der Waals surface area contributed by atoms with Crippen molar-refractivity contribution in [2.24, 2.45) is 0 Å². The third-order valence-corrected chi connectivity index (χ3v) is 4.15. The summed E-state index contributed by atoms with van der Waals surface area (Å²) in [5, 5.41) is 9.82. The van der Waals surface area contributed by atoms with E-state index in [1.54, 1.807) is 36.7 Å². The molecule has 0 bridgehead atoms. The van der Waals surface area contributed by atoms with Crippen molar-refractivity contribution >= 4 is 24.3 Å². The molecule has 0 aliphatic rings. The van der Waals surface area contributed by atoms with Gasteiger partial charge in [0, 0.05) is 24.4 Å². The molecule has 3 rings (SSSR count). The molecule has 0 unspecified atom stereocenters. The molecule has 1 aromatic heterocycles. The van der Waals surface area contributed by atoms with Crippen molar-refractivity contribution in [2.45, 2.75) is 13.0 Å². The molecule has 5 nitrogen and oxygen atoms in total. The minimum atomic E-state index is -0.0599. The van der Waals surface area contributed by atoms with E-state index in [4.69, 9.17) is 9.47 Å². The molecule has 0 amide bonds. The average Bonchev–Trinajstić information content (AvgIpc) is 2.72. The number of phenolic OH excluding ortho intramolecular Hbond substituents is 1. The van der Waals surface area contributed by atoms with Gasteiger partial charge in [0.25, 0.3) is 0 Å². The molecule has 150 valence electrons. The molecule has 0 aliphatic carbocycles. The molecule has 0 radical (unpaired) electrons. The first-order chi connectivity index (χ1) is 13.7. The van der Waals surface area contributed by atoms with Crippen LogP contribution in [0.4, 0.5) is 0 Å². The van der Waals surface area contributed by atoms with E-state index in [0.29, 0.717) is 23.7 Å². The monoisotopic (exact) mass is 411 g/mol. The van der Waals surface area contributed by atoms with Gasteiger partial charge in [-0.15, -0.1) is 12.4 Å². The van der Waals surface area contributed by atoms with E-state index in [9.17, 15) is 9.90 Å². The molecule has 0 fully saturated rings. The predicted molar refractivity (Wildman–Crippen MR) is 115 cm³/mol. The normalized spacial score (nSPS) is 10.4. The number of aromatic nitrogens is 1. The lowest BCUT2D eigenvalue weighted by molar-refractivity contribution is -0.114. The number of allylic oxidation sites excluding steroid dienone is 1. The number of hydrogen-bond donors (Lipinski definition) is 1. The Morgan fingerprint density at radius 2 is 1.83 bits per heavy atom. The van der Waals surface area contributed by atoms with Crippen LogP contribution in [0.3, 0.4) is 0 Å². The van der Waals surface area contributed by atoms with E-state index in [0.717, 1.165) is 11.1 Å². The van der Waals surface area contributed by atoms with Crippen molar-refractivity contribution < 1.29 is 19.4 Å². The smallest absolute Gasteiger partial charge is 0.160 e. The van der Waals surface area contributed by atoms with Crippen LogP contribution in [0.15, 0.2) is 73.1 Å². The van der Waals surface area contributed by atoms with Crippen LogP contribution in [0.2, 0.25) is 0 Å². The molecule has 6 heteroatoms. The second kappa shape index (κ2) is 10.9. The molecular weight excluding hydrogens is 390 g/mol. The van der Waals surface area contributed by atoms with E-state index < -0.39 is 0 Å². The lowest BCUT2D eigenvalue weighted by Gasteiger charge is -2.10. The summed E-state index contributed by atoms with van der Waals surface area (Å²) in [6, 6.07) is 16.3. The Kier molecular flexibility index (Phi) is 8.25. The fourth-order valence-electron chi connectivity index (χ4n) is 2.68. The lowest BCUT2D eigenvalue weighted by atomic mass is 10.1. The number of phenols is 1. The summed E-state index contributed by atoms with van der Waals surface area (Å²) in [7, 11) is 1.49. The molecule has 0 saturated heterocycles. The minimum Gasteiger partial charge on any atom is -0.504 e. The number of ether oxygens (including phenoxy) is 2. The number of carbonyl (C=O) groups excluding carboxylic acids is 1. The number of methoxy groups -OCH3 is 1. The van der Waals surface area contributed by atoms with Crippen molar-refractivity contribution in [1.29, 1.82) is 0 Å². The maximum absolute atomic E-state index is 12.4. The standard InChI is InChI=1S/C23H21NO4.ClH/c1-27-23-9-7-17(14-21(23)26)6-8-20(25)15-19-4-2-3-5-22(19)28-16-18-10-12-24-13-11-18;/h2-14,26H,15-16H2,1H3;1H/b8-6+;. The number of nitrogens with zero attached hydrogens (tertiary/aromatic N) is 1. The highest BCUT2D eigenvalue weighted by atomic mass is 35.5. The molecule has 1 N–H and O–H groups in total. The van der Waals surface area contributed by atoms with Crippen molar-refractivity contribution in [3.8, 4) is 17.2 Å². The zero-order valence-corrected chi connectivity index (χ0v) is 16.8. The predicted octanol–water partition coefficient (Wildman–Crippen LogP) is 4.62. The highest BCUT2D eigenvalue weighted by molar-refractivity contribution is 5.95. The number of hydrogen-bond acceptors (Lipinski definition) is 5. The summed E-state index contributed by atoms with van der Waals surface area (Å²) in [4.78, 5) is 16.4. The Labute approximate surface area is 176 Å². The minimum absolute atomic E-state index is 0. The van der Waals surface area contributed by atoms with Gasteiger partial charge in [0.15, 0.2) is 17.3 Å². The summed E-state index contributed by atoms with van der Waals surface area (Å²) in [5.74, 6) is 1.05. The van der Waals surface area contributed by atoms with E-state index in [2.05, 4.69) is 4.98 Å². The third kappa shape index (κ3) is 6.36. The Bertz CT molecular complexity index is 974. The number of halogens is 1. The van der Waals surface area contributed by atoms with Gasteiger partial charge in [0.1, 0.15) is 12.4 Å². The van der Waals surface area contributed by atoms with Crippen molar-refractivity contribution in [2.75, 3.05) is 7.11 Å². The average molecular weight is 412 g/mol. The first kappa shape index (κ1) is 22.0. The molecule has 0 aliphatic heterocycles. The SMILES string of the molecule is COc1ccc(/C=C/C(=O)Cc2ccccc2OCc2ccncc2)cc1O.Cl. The van der Waals surface area contributed by atoms with Crippen LogP contribution in [0.25, 0.3) is 6.08 Å². The highest BCUT2D eigenvalue weighted by Gasteiger charge is 2.08. The first-order valence-corrected chi connectivity index (χ1v) is 8.83. The van der Waals surface area contributed by atoms with Crippen LogP contribution in [-0.4, -0.2) is 23.0 Å². The van der Waals surface area contributed by atoms with Crippen LogP contribution < -0.4 is 9.47 Å². The largest absolute Gasteiger partial charge is 0.504 e. The third-order valence-electron chi connectivity index (χ3n) is 4.15. The summed E-state index contributed by atoms with van der Waals surface area (Å²) in [6.07, 6.45) is 6.83. The first-order valence-electron chi connectivity index (χ1n) is 8.83. The second-order valence-electron chi connectivity index (χ2n) is 6.16. The lowest BCUT2D eigenvalue weighted by Crippen LogP contribution is -2.03. The molecule has 1 heterocycles. The molecular formula is C23H22ClNO4. The molecule has 0 atom stereocenters. The van der Waals surface area contributed by atoms with Gasteiger partial charge >= 0.3 is 0 Å². The second-order valence-corrected chi connectivity index (χ2v) is 6.16. The van der Waals surface area contributed by atoms with Crippen LogP contribution in [0.5, 0.6) is 17.2 Å². The van der Waals surface area contributed by atoms with Crippen LogP contribution in [0.1, 0.15) is 16.7 Å². The van der Waals surface area contributed by atoms with E-state index in [1.165, 1.54) is 13.2 Å². The number of aromatic hydroxyl groups is 1. The Morgan fingerprint density at radius 3 is 2.55 bits per heavy atom. The van der Waals surface area contributed by atoms with E-state index in [-0.39, 0.29) is 30.4 Å². The molecule has 2 aromatic carbocycles. The quantitative estimate of drug-likeness (QED) is 0.547. The maximum atomic E-state index is 12.4. The van der Waals surface area contributed by atoms with Gasteiger partial charge in [-0.2, -0.15) is 0 Å². The topological polar surface area (TPSA) is 68.7 Å². The summed E-state index contributed by atoms with van der Waals surface area (Å²) >= 11 is 0. The van der Waals surface area contributed by atoms with Gasteiger partial charge in [0.2, 0.25) is 0 Å². The van der Waals surface area contributed by atoms with Gasteiger partial charge in [-0.05, 0) is 47.5 Å². The number of para-hydroxylation sites is 1. The van der Waals surface area contributed by atoms with Crippen LogP contribution in [-0.2, 0) is 17.8 Å². The van der Waals surface area contributed by atoms with Crippen molar-refractivity contribution in [3.05, 3.63) is 89.8 Å². The van der Waals surface area contributed by atoms with Gasteiger partial charge in [-0.25, -0.2) is 0 Å². The van der Waals surface area contributed by atoms with Gasteiger partial charge in [0.05, 0.1) is 7.11 Å². The zero-order chi connectivity index (χ0) is 19.8. The molecule has 3 aromatic rings. The van der Waals surface area contributed by atoms with Gasteiger partial charge in [-0.1, -0.05) is 30.3 Å². The molecule has 0 saturated carbocycles. The fourth-order valence-corrected chi connectivity index (χ4v) is 2.68. The van der Waals surface area contributed by atoms with E-state index >= 15 is 0 Å². The van der Waals surface area contributed by atoms with Gasteiger partial charge < -0.3 is 14.6 Å². The summed E-state index contributed by atoms with van der Waals surface area (Å²) in [5.41, 5.74) is 2.55. The van der Waals surface area contributed by atoms with Crippen molar-refractivity contribution in [3.63, 3.8) is 0 Å². The number of rotatable bonds is 8. The summed E-state index contributed by atoms with van der Waals surface area (Å²) in [6.45, 7) is 0.411. The zero-order valence-electron chi connectivity index (χ0n) is 15.9. The highest BCUT2D eigenvalue weighted by Crippen LogP contribution is 2.27. The van der Waals surface area contributed by atoms with Gasteiger partial charge in [-0.3, -0.25) is 9.78 Å². The number of carbonyl (C=O) groups is 1. The fraction of sp³-hybridized carbons (Fsp3) is 0.130. The Hall–Kier alpha value is -3.31. The maximum Gasteiger partial charge on any atom is 0.160 e. The van der Waals surface area contributed by atoms with Crippen LogP contribution in [0, 0.1) is 0 Å². The number of pyridine rings is 1. The molecule has 29 heavy (non-hydrogen) atoms. The van der Waals surface area contributed by atoms with E-state index in [1.807, 2.05) is 36.4 Å². The summed E-state index contributed by atoms with van der Waals surface area (Å²) < 4.78 is 10.9. The number of benzene rings is 2. The molecule has 0 spiro atoms. The number of ketones is 1.